The van der Waals surface area contributed by atoms with Crippen LogP contribution in [0.15, 0.2) is 86.1 Å². The van der Waals surface area contributed by atoms with Gasteiger partial charge in [0.2, 0.25) is 0 Å². The Morgan fingerprint density at radius 1 is 0.800 bits per heavy atom. The molecule has 0 unspecified atom stereocenters. The van der Waals surface area contributed by atoms with Gasteiger partial charge in [0.15, 0.2) is 0 Å². The third-order valence-corrected chi connectivity index (χ3v) is 1.92. The Kier molecular flexibility index (Phi) is 40.5. The zero-order chi connectivity index (χ0) is 15.4. The molecule has 0 aromatic rings. The van der Waals surface area contributed by atoms with E-state index in [1.54, 1.807) is 12.2 Å². The van der Waals surface area contributed by atoms with Gasteiger partial charge < -0.3 is 0 Å². The van der Waals surface area contributed by atoms with Crippen molar-refractivity contribution in [3.63, 3.8) is 0 Å². The fourth-order valence-electron chi connectivity index (χ4n) is 0.856. The molecule has 0 nitrogen and oxygen atoms in total. The Morgan fingerprint density at radius 3 is 1.45 bits per heavy atom. The molecule has 0 fully saturated rings. The van der Waals surface area contributed by atoms with Crippen molar-refractivity contribution in [3.8, 4) is 0 Å². The maximum Gasteiger partial charge on any atom is -0.0311 e. The first kappa shape index (κ1) is 26.7. The van der Waals surface area contributed by atoms with Gasteiger partial charge in [-0.3, -0.25) is 0 Å². The van der Waals surface area contributed by atoms with E-state index in [9.17, 15) is 0 Å². The molecule has 0 spiro atoms. The minimum atomic E-state index is 0. The lowest BCUT2D eigenvalue weighted by Crippen LogP contribution is -1.67. The molecule has 0 rings (SSSR count). The molecule has 0 atom stereocenters. The van der Waals surface area contributed by atoms with Gasteiger partial charge in [0, 0.05) is 0 Å². The highest BCUT2D eigenvalue weighted by molar-refractivity contribution is 5.13. The molecule has 0 saturated heterocycles. The molecule has 0 aromatic carbocycles. The Morgan fingerprint density at radius 2 is 1.30 bits per heavy atom. The summed E-state index contributed by atoms with van der Waals surface area (Å²) in [6.45, 7) is 18.7. The summed E-state index contributed by atoms with van der Waals surface area (Å²) in [5.74, 6) is 0. The van der Waals surface area contributed by atoms with Crippen molar-refractivity contribution < 1.29 is 0 Å². The first-order valence-corrected chi connectivity index (χ1v) is 6.59. The van der Waals surface area contributed by atoms with Crippen LogP contribution in [0.3, 0.4) is 0 Å². The van der Waals surface area contributed by atoms with Crippen molar-refractivity contribution in [2.24, 2.45) is 0 Å². The van der Waals surface area contributed by atoms with Crippen LogP contribution in [0.4, 0.5) is 0 Å². The quantitative estimate of drug-likeness (QED) is 0.464. The summed E-state index contributed by atoms with van der Waals surface area (Å²) >= 11 is 0. The summed E-state index contributed by atoms with van der Waals surface area (Å²) < 4.78 is 0. The Balaban J connectivity index is -0.0000000952. The topological polar surface area (TPSA) is 0 Å². The van der Waals surface area contributed by atoms with Crippen LogP contribution in [-0.4, -0.2) is 0 Å². The van der Waals surface area contributed by atoms with Crippen LogP contribution in [-0.2, 0) is 0 Å². The van der Waals surface area contributed by atoms with Gasteiger partial charge in [0.25, 0.3) is 0 Å². The van der Waals surface area contributed by atoms with E-state index < -0.39 is 0 Å². The number of hydrogen-bond donors (Lipinski definition) is 0. The average Bonchev–Trinajstić information content (AvgIpc) is 2.44. The molecule has 114 valence electrons. The third kappa shape index (κ3) is 36.0. The first-order chi connectivity index (χ1) is 9.17. The minimum absolute atomic E-state index is 0. The molecule has 0 saturated carbocycles. The smallest absolute Gasteiger partial charge is 0.0311 e. The van der Waals surface area contributed by atoms with E-state index in [0.29, 0.717) is 0 Å². The van der Waals surface area contributed by atoms with Crippen LogP contribution in [0.5, 0.6) is 0 Å². The SMILES string of the molecule is C.C=C/C(=C\C)CC.C=C/C=C/C.C=C/C=C/C=C/C. The lowest BCUT2D eigenvalue weighted by atomic mass is 10.2. The molecule has 0 aliphatic carbocycles. The molecular weight excluding hydrogens is 240 g/mol. The van der Waals surface area contributed by atoms with E-state index in [-0.39, 0.29) is 7.43 Å². The maximum atomic E-state index is 3.63. The summed E-state index contributed by atoms with van der Waals surface area (Å²) in [5, 5.41) is 0. The van der Waals surface area contributed by atoms with Crippen LogP contribution in [0, 0.1) is 0 Å². The van der Waals surface area contributed by atoms with Crippen LogP contribution < -0.4 is 0 Å². The second-order valence-corrected chi connectivity index (χ2v) is 3.33. The summed E-state index contributed by atoms with van der Waals surface area (Å²) in [7, 11) is 0. The molecule has 0 aromatic heterocycles. The second kappa shape index (κ2) is 30.3. The van der Waals surface area contributed by atoms with Crippen molar-refractivity contribution in [1.29, 1.82) is 0 Å². The molecule has 0 amide bonds. The van der Waals surface area contributed by atoms with Crippen LogP contribution in [0.2, 0.25) is 0 Å². The molecule has 20 heavy (non-hydrogen) atoms. The van der Waals surface area contributed by atoms with Crippen molar-refractivity contribution >= 4 is 0 Å². The van der Waals surface area contributed by atoms with Crippen molar-refractivity contribution in [2.45, 2.75) is 41.5 Å². The van der Waals surface area contributed by atoms with E-state index in [2.05, 4.69) is 32.7 Å². The number of allylic oxidation sites excluding steroid dienone is 11. The second-order valence-electron chi connectivity index (χ2n) is 3.33. The lowest BCUT2D eigenvalue weighted by Gasteiger charge is -1.88. The Labute approximate surface area is 128 Å². The predicted molar refractivity (Wildman–Crippen MR) is 100 cm³/mol. The molecule has 0 N–H and O–H groups in total. The molecule has 0 heteroatoms. The molecule has 0 aliphatic rings. The molecule has 0 heterocycles. The Hall–Kier alpha value is -1.82. The van der Waals surface area contributed by atoms with Crippen LogP contribution in [0.25, 0.3) is 0 Å². The summed E-state index contributed by atoms with van der Waals surface area (Å²) in [6, 6.07) is 0. The van der Waals surface area contributed by atoms with Gasteiger partial charge in [0.05, 0.1) is 0 Å². The van der Waals surface area contributed by atoms with Crippen molar-refractivity contribution in [2.75, 3.05) is 0 Å². The van der Waals surface area contributed by atoms with Gasteiger partial charge in [-0.2, -0.15) is 0 Å². The van der Waals surface area contributed by atoms with Gasteiger partial charge in [-0.15, -0.1) is 0 Å². The first-order valence-electron chi connectivity index (χ1n) is 6.59. The fraction of sp³-hybridized carbons (Fsp3) is 0.300. The fourth-order valence-corrected chi connectivity index (χ4v) is 0.856. The van der Waals surface area contributed by atoms with E-state index in [4.69, 9.17) is 0 Å². The lowest BCUT2D eigenvalue weighted by molar-refractivity contribution is 1.14. The van der Waals surface area contributed by atoms with E-state index in [1.807, 2.05) is 63.3 Å². The van der Waals surface area contributed by atoms with Gasteiger partial charge in [-0.25, -0.2) is 0 Å². The van der Waals surface area contributed by atoms with Crippen molar-refractivity contribution in [3.05, 3.63) is 86.1 Å². The standard InChI is InChI=1S/C7H12.C7H10.C5H8.CH4/c1-4-7(5-2)6-3;1-3-5-7-6-4-2;1-3-5-4-2;/h4-5H,1,6H2,2-3H3;3-7H,1H2,2H3;3-5H,1H2,2H3;1H4/b7-5+;6-4+,7-5+;5-4+;. The highest BCUT2D eigenvalue weighted by Gasteiger charge is 1.77. The largest absolute Gasteiger partial charge is 0.0991 e. The highest BCUT2D eigenvalue weighted by atomic mass is 13.8. The molecule has 0 radical (unpaired) electrons. The van der Waals surface area contributed by atoms with E-state index in [0.717, 1.165) is 6.42 Å². The summed E-state index contributed by atoms with van der Waals surface area (Å²) in [4.78, 5) is 0. The van der Waals surface area contributed by atoms with Gasteiger partial charge in [-0.05, 0) is 27.2 Å². The van der Waals surface area contributed by atoms with E-state index >= 15 is 0 Å². The molecular formula is C20H34. The van der Waals surface area contributed by atoms with E-state index in [1.165, 1.54) is 5.57 Å². The third-order valence-electron chi connectivity index (χ3n) is 1.92. The average molecular weight is 274 g/mol. The minimum Gasteiger partial charge on any atom is -0.0991 e. The zero-order valence-electron chi connectivity index (χ0n) is 13.1. The summed E-state index contributed by atoms with van der Waals surface area (Å²) in [6.07, 6.45) is 20.1. The molecule has 0 aliphatic heterocycles. The number of rotatable bonds is 5. The number of hydrogen-bond acceptors (Lipinski definition) is 0. The predicted octanol–water partition coefficient (Wildman–Crippen LogP) is 7.22. The molecule has 0 bridgehead atoms. The summed E-state index contributed by atoms with van der Waals surface area (Å²) in [5.41, 5.74) is 1.32. The monoisotopic (exact) mass is 274 g/mol. The van der Waals surface area contributed by atoms with Crippen molar-refractivity contribution in [1.82, 2.24) is 0 Å². The van der Waals surface area contributed by atoms with Gasteiger partial charge in [-0.1, -0.05) is 100 Å². The van der Waals surface area contributed by atoms with Crippen LogP contribution in [0.1, 0.15) is 41.5 Å². The highest BCUT2D eigenvalue weighted by Crippen LogP contribution is 1.98. The van der Waals surface area contributed by atoms with Gasteiger partial charge in [0.1, 0.15) is 0 Å². The van der Waals surface area contributed by atoms with Gasteiger partial charge >= 0.3 is 0 Å². The zero-order valence-corrected chi connectivity index (χ0v) is 13.1. The Bertz CT molecular complexity index is 309. The van der Waals surface area contributed by atoms with Crippen LogP contribution >= 0.6 is 0 Å². The normalized spacial score (nSPS) is 10.1. The maximum absolute atomic E-state index is 3.63.